The summed E-state index contributed by atoms with van der Waals surface area (Å²) in [4.78, 5) is 23.4. The second-order valence-corrected chi connectivity index (χ2v) is 6.82. The third kappa shape index (κ3) is 4.18. The van der Waals surface area contributed by atoms with Crippen LogP contribution in [0.1, 0.15) is 17.4 Å². The van der Waals surface area contributed by atoms with Gasteiger partial charge in [0.15, 0.2) is 11.5 Å². The molecule has 1 amide bonds. The van der Waals surface area contributed by atoms with Gasteiger partial charge in [0.2, 0.25) is 0 Å². The molecule has 3 heterocycles. The van der Waals surface area contributed by atoms with Crippen LogP contribution < -0.4 is 14.7 Å². The number of anilines is 3. The van der Waals surface area contributed by atoms with Crippen molar-refractivity contribution in [2.75, 3.05) is 47.4 Å². The fourth-order valence-electron chi connectivity index (χ4n) is 3.50. The van der Waals surface area contributed by atoms with Crippen molar-refractivity contribution in [1.29, 1.82) is 0 Å². The highest BCUT2D eigenvalue weighted by Gasteiger charge is 2.21. The van der Waals surface area contributed by atoms with Crippen LogP contribution in [0.2, 0.25) is 0 Å². The van der Waals surface area contributed by atoms with Gasteiger partial charge < -0.3 is 14.7 Å². The van der Waals surface area contributed by atoms with Crippen LogP contribution in [0.15, 0.2) is 66.9 Å². The number of hydrogen-bond acceptors (Lipinski definition) is 6. The van der Waals surface area contributed by atoms with Gasteiger partial charge in [-0.15, -0.1) is 10.2 Å². The molecule has 7 nitrogen and oxygen atoms in total. The highest BCUT2D eigenvalue weighted by Crippen LogP contribution is 2.19. The molecule has 0 radical (unpaired) electrons. The topological polar surface area (TPSA) is 65.5 Å². The number of carbonyl (C=O) groups is 1. The molecule has 1 aliphatic heterocycles. The van der Waals surface area contributed by atoms with E-state index in [2.05, 4.69) is 25.0 Å². The summed E-state index contributed by atoms with van der Waals surface area (Å²) in [5, 5.41) is 8.54. The Balaban J connectivity index is 1.41. The minimum Gasteiger partial charge on any atom is -0.353 e. The lowest BCUT2D eigenvalue weighted by Gasteiger charge is -2.35. The first-order chi connectivity index (χ1) is 14.3. The molecule has 0 aliphatic carbocycles. The summed E-state index contributed by atoms with van der Waals surface area (Å²) in [5.41, 5.74) is 1.21. The Labute approximate surface area is 170 Å². The Bertz CT molecular complexity index is 925. The van der Waals surface area contributed by atoms with Crippen molar-refractivity contribution in [3.05, 3.63) is 72.6 Å². The highest BCUT2D eigenvalue weighted by atomic mass is 16.2. The van der Waals surface area contributed by atoms with E-state index >= 15 is 0 Å². The molecule has 1 fully saturated rings. The van der Waals surface area contributed by atoms with Crippen LogP contribution in [0.3, 0.4) is 0 Å². The number of rotatable bonds is 5. The van der Waals surface area contributed by atoms with Gasteiger partial charge in [0.25, 0.3) is 5.91 Å². The number of benzene rings is 1. The van der Waals surface area contributed by atoms with Crippen molar-refractivity contribution in [1.82, 2.24) is 15.2 Å². The van der Waals surface area contributed by atoms with Crippen LogP contribution in [0.4, 0.5) is 17.3 Å². The molecule has 1 aliphatic rings. The number of aromatic nitrogens is 3. The molecular formula is C22H24N6O. The summed E-state index contributed by atoms with van der Waals surface area (Å²) < 4.78 is 0. The molecule has 148 valence electrons. The zero-order valence-corrected chi connectivity index (χ0v) is 16.5. The van der Waals surface area contributed by atoms with E-state index in [4.69, 9.17) is 0 Å². The molecule has 29 heavy (non-hydrogen) atoms. The van der Waals surface area contributed by atoms with E-state index in [0.29, 0.717) is 12.2 Å². The number of hydrogen-bond donors (Lipinski definition) is 0. The number of para-hydroxylation sites is 1. The standard InChI is InChI=1S/C22H24N6O/c1-2-28(18-8-4-3-5-9-18)22(29)19-11-12-21(25-24-19)27-16-14-26(15-17-27)20-10-6-7-13-23-20/h3-13H,2,14-17H2,1H3. The summed E-state index contributed by atoms with van der Waals surface area (Å²) in [6, 6.07) is 19.2. The van der Waals surface area contributed by atoms with E-state index < -0.39 is 0 Å². The molecular weight excluding hydrogens is 364 g/mol. The zero-order valence-electron chi connectivity index (χ0n) is 16.5. The molecule has 4 rings (SSSR count). The third-order valence-electron chi connectivity index (χ3n) is 5.08. The highest BCUT2D eigenvalue weighted by molar-refractivity contribution is 6.04. The van der Waals surface area contributed by atoms with E-state index in [9.17, 15) is 4.79 Å². The number of carbonyl (C=O) groups excluding carboxylic acids is 1. The van der Waals surface area contributed by atoms with E-state index in [1.54, 1.807) is 11.0 Å². The van der Waals surface area contributed by atoms with E-state index in [1.165, 1.54) is 0 Å². The first-order valence-electron chi connectivity index (χ1n) is 9.88. The Morgan fingerprint density at radius 1 is 0.862 bits per heavy atom. The quantitative estimate of drug-likeness (QED) is 0.670. The van der Waals surface area contributed by atoms with Crippen LogP contribution in [0.5, 0.6) is 0 Å². The molecule has 0 spiro atoms. The van der Waals surface area contributed by atoms with Crippen molar-refractivity contribution >= 4 is 23.2 Å². The van der Waals surface area contributed by atoms with E-state index in [-0.39, 0.29) is 5.91 Å². The number of nitrogens with zero attached hydrogens (tertiary/aromatic N) is 6. The molecule has 1 saturated heterocycles. The molecule has 2 aromatic heterocycles. The molecule has 0 bridgehead atoms. The molecule has 3 aromatic rings. The van der Waals surface area contributed by atoms with Gasteiger partial charge in [-0.05, 0) is 43.3 Å². The van der Waals surface area contributed by atoms with Crippen molar-refractivity contribution in [2.45, 2.75) is 6.92 Å². The Morgan fingerprint density at radius 2 is 1.55 bits per heavy atom. The van der Waals surface area contributed by atoms with Gasteiger partial charge >= 0.3 is 0 Å². The lowest BCUT2D eigenvalue weighted by Crippen LogP contribution is -2.47. The summed E-state index contributed by atoms with van der Waals surface area (Å²) in [6.07, 6.45) is 1.82. The van der Waals surface area contributed by atoms with Crippen LogP contribution in [-0.4, -0.2) is 53.8 Å². The summed E-state index contributed by atoms with van der Waals surface area (Å²) in [5.74, 6) is 1.66. The molecule has 0 N–H and O–H groups in total. The number of amides is 1. The molecule has 1 aromatic carbocycles. The van der Waals surface area contributed by atoms with Crippen molar-refractivity contribution in [3.8, 4) is 0 Å². The average molecular weight is 388 g/mol. The lowest BCUT2D eigenvalue weighted by atomic mass is 10.2. The van der Waals surface area contributed by atoms with Crippen molar-refractivity contribution < 1.29 is 4.79 Å². The smallest absolute Gasteiger partial charge is 0.278 e. The summed E-state index contributed by atoms with van der Waals surface area (Å²) >= 11 is 0. The maximum atomic E-state index is 12.9. The maximum Gasteiger partial charge on any atom is 0.278 e. The van der Waals surface area contributed by atoms with Gasteiger partial charge in [-0.3, -0.25) is 4.79 Å². The Morgan fingerprint density at radius 3 is 2.14 bits per heavy atom. The zero-order chi connectivity index (χ0) is 20.1. The lowest BCUT2D eigenvalue weighted by molar-refractivity contribution is 0.0982. The third-order valence-corrected chi connectivity index (χ3v) is 5.08. The van der Waals surface area contributed by atoms with Gasteiger partial charge in [-0.2, -0.15) is 0 Å². The molecule has 7 heteroatoms. The monoisotopic (exact) mass is 388 g/mol. The predicted octanol–water partition coefficient (Wildman–Crippen LogP) is 2.86. The Hall–Kier alpha value is -3.48. The van der Waals surface area contributed by atoms with Crippen LogP contribution in [-0.2, 0) is 0 Å². The predicted molar refractivity (Wildman–Crippen MR) is 114 cm³/mol. The fraction of sp³-hybridized carbons (Fsp3) is 0.273. The van der Waals surface area contributed by atoms with E-state index in [0.717, 1.165) is 43.5 Å². The summed E-state index contributed by atoms with van der Waals surface area (Å²) in [6.45, 7) is 5.94. The van der Waals surface area contributed by atoms with Gasteiger partial charge in [-0.25, -0.2) is 4.98 Å². The van der Waals surface area contributed by atoms with E-state index in [1.807, 2.05) is 67.7 Å². The van der Waals surface area contributed by atoms with Crippen LogP contribution in [0.25, 0.3) is 0 Å². The van der Waals surface area contributed by atoms with Crippen molar-refractivity contribution in [2.24, 2.45) is 0 Å². The fourth-order valence-corrected chi connectivity index (χ4v) is 3.50. The van der Waals surface area contributed by atoms with Gasteiger partial charge in [0.1, 0.15) is 5.82 Å². The average Bonchev–Trinajstić information content (AvgIpc) is 2.81. The van der Waals surface area contributed by atoms with Gasteiger partial charge in [0, 0.05) is 44.6 Å². The second kappa shape index (κ2) is 8.68. The molecule has 0 atom stereocenters. The van der Waals surface area contributed by atoms with Gasteiger partial charge in [-0.1, -0.05) is 24.3 Å². The second-order valence-electron chi connectivity index (χ2n) is 6.82. The van der Waals surface area contributed by atoms with Crippen molar-refractivity contribution in [3.63, 3.8) is 0 Å². The first kappa shape index (κ1) is 18.9. The normalized spacial score (nSPS) is 14.0. The van der Waals surface area contributed by atoms with Crippen LogP contribution in [0, 0.1) is 0 Å². The minimum absolute atomic E-state index is 0.141. The van der Waals surface area contributed by atoms with Crippen LogP contribution >= 0.6 is 0 Å². The number of pyridine rings is 1. The van der Waals surface area contributed by atoms with Gasteiger partial charge in [0.05, 0.1) is 0 Å². The minimum atomic E-state index is -0.141. The largest absolute Gasteiger partial charge is 0.353 e. The SMILES string of the molecule is CCN(C(=O)c1ccc(N2CCN(c3ccccn3)CC2)nn1)c1ccccc1. The maximum absolute atomic E-state index is 12.9. The molecule has 0 unspecified atom stereocenters. The Kier molecular flexibility index (Phi) is 5.65. The number of piperazine rings is 1. The summed E-state index contributed by atoms with van der Waals surface area (Å²) in [7, 11) is 0. The first-order valence-corrected chi connectivity index (χ1v) is 9.88. The molecule has 0 saturated carbocycles.